The molecule has 9 heteroatoms. The lowest BCUT2D eigenvalue weighted by atomic mass is 10.1. The van der Waals surface area contributed by atoms with Crippen LogP contribution in [0.2, 0.25) is 5.04 Å². The number of rotatable bonds is 8. The Morgan fingerprint density at radius 1 is 0.975 bits per heavy atom. The number of fused-ring (bicyclic) bond motifs is 1. The predicted molar refractivity (Wildman–Crippen MR) is 163 cm³/mol. The molecule has 0 saturated heterocycles. The molecule has 0 saturated carbocycles. The first-order chi connectivity index (χ1) is 19.2. The molecule has 8 nitrogen and oxygen atoms in total. The molecule has 3 aromatic carbocycles. The van der Waals surface area contributed by atoms with E-state index in [-0.39, 0.29) is 23.3 Å². The maximum atomic E-state index is 13.2. The highest BCUT2D eigenvalue weighted by molar-refractivity contribution is 6.99. The molecule has 2 heterocycles. The number of hydrogen-bond donors (Lipinski definition) is 2. The van der Waals surface area contributed by atoms with Gasteiger partial charge in [0.2, 0.25) is 12.4 Å². The van der Waals surface area contributed by atoms with Gasteiger partial charge >= 0.3 is 0 Å². The molecule has 3 N–H and O–H groups in total. The Kier molecular flexibility index (Phi) is 7.60. The molecule has 0 fully saturated rings. The second kappa shape index (κ2) is 11.1. The maximum absolute atomic E-state index is 13.2. The smallest absolute Gasteiger partial charge is 0.278 e. The van der Waals surface area contributed by atoms with E-state index in [9.17, 15) is 9.59 Å². The quantitative estimate of drug-likeness (QED) is 0.256. The van der Waals surface area contributed by atoms with Gasteiger partial charge in [0.25, 0.3) is 13.9 Å². The van der Waals surface area contributed by atoms with Gasteiger partial charge in [-0.15, -0.1) is 0 Å². The highest BCUT2D eigenvalue weighted by Gasteiger charge is 2.51. The van der Waals surface area contributed by atoms with E-state index in [0.717, 1.165) is 15.9 Å². The molecule has 0 unspecified atom stereocenters. The van der Waals surface area contributed by atoms with Crippen molar-refractivity contribution in [3.8, 4) is 0 Å². The zero-order valence-corrected chi connectivity index (χ0v) is 24.1. The molecule has 0 radical (unpaired) electrons. The second-order valence-corrected chi connectivity index (χ2v) is 15.4. The number of carbonyl (C=O) groups is 1. The topological polar surface area (TPSA) is 105 Å². The molecule has 0 aliphatic carbocycles. The molecular weight excluding hydrogens is 518 g/mol. The second-order valence-electron chi connectivity index (χ2n) is 11.1. The SMILES string of the molecule is CC(C)(C)[Si](OC[C@H]1CN(Cc2ccccc2)c2nc(N)[nH]c(=O)c2N1C=O)(c1ccccc1)c1ccccc1. The number of nitrogens with zero attached hydrogens (tertiary/aromatic N) is 3. The van der Waals surface area contributed by atoms with Crippen LogP contribution in [0.25, 0.3) is 0 Å². The lowest BCUT2D eigenvalue weighted by molar-refractivity contribution is -0.108. The molecule has 5 rings (SSSR count). The average molecular weight is 554 g/mol. The van der Waals surface area contributed by atoms with E-state index in [1.54, 1.807) is 0 Å². The zero-order valence-electron chi connectivity index (χ0n) is 23.1. The van der Waals surface area contributed by atoms with E-state index in [2.05, 4.69) is 55.0 Å². The van der Waals surface area contributed by atoms with Crippen LogP contribution >= 0.6 is 0 Å². The van der Waals surface area contributed by atoms with E-state index < -0.39 is 19.9 Å². The van der Waals surface area contributed by atoms with Crippen molar-refractivity contribution >= 4 is 42.6 Å². The first kappa shape index (κ1) is 27.4. The molecule has 1 atom stereocenters. The highest BCUT2D eigenvalue weighted by Crippen LogP contribution is 2.38. The Morgan fingerprint density at radius 3 is 2.05 bits per heavy atom. The van der Waals surface area contributed by atoms with Crippen molar-refractivity contribution in [3.05, 3.63) is 107 Å². The van der Waals surface area contributed by atoms with Crippen LogP contribution in [-0.4, -0.2) is 43.9 Å². The van der Waals surface area contributed by atoms with Crippen molar-refractivity contribution < 1.29 is 9.22 Å². The van der Waals surface area contributed by atoms with Gasteiger partial charge in [0.1, 0.15) is 0 Å². The Hall–Kier alpha value is -4.21. The summed E-state index contributed by atoms with van der Waals surface area (Å²) in [6.45, 7) is 7.81. The molecule has 1 amide bonds. The van der Waals surface area contributed by atoms with Crippen LogP contribution in [0.1, 0.15) is 26.3 Å². The van der Waals surface area contributed by atoms with Crippen molar-refractivity contribution in [2.45, 2.75) is 38.4 Å². The van der Waals surface area contributed by atoms with E-state index in [1.165, 1.54) is 4.90 Å². The Morgan fingerprint density at radius 2 is 1.52 bits per heavy atom. The van der Waals surface area contributed by atoms with E-state index in [4.69, 9.17) is 10.2 Å². The predicted octanol–water partition coefficient (Wildman–Crippen LogP) is 3.28. The third-order valence-electron chi connectivity index (χ3n) is 7.52. The average Bonchev–Trinajstić information content (AvgIpc) is 2.94. The molecule has 1 aliphatic rings. The van der Waals surface area contributed by atoms with Crippen LogP contribution in [0.5, 0.6) is 0 Å². The Bertz CT molecular complexity index is 1470. The fraction of sp³-hybridized carbons (Fsp3) is 0.258. The molecule has 1 aromatic heterocycles. The number of aromatic amines is 1. The third kappa shape index (κ3) is 5.05. The van der Waals surface area contributed by atoms with Crippen LogP contribution in [0, 0.1) is 0 Å². The van der Waals surface area contributed by atoms with Gasteiger partial charge in [0, 0.05) is 13.1 Å². The number of carbonyl (C=O) groups excluding carboxylic acids is 1. The molecule has 40 heavy (non-hydrogen) atoms. The number of anilines is 3. The van der Waals surface area contributed by atoms with Gasteiger partial charge in [-0.1, -0.05) is 112 Å². The lowest BCUT2D eigenvalue weighted by Crippen LogP contribution is -2.68. The number of nitrogen functional groups attached to an aromatic ring is 1. The largest absolute Gasteiger partial charge is 0.405 e. The first-order valence-electron chi connectivity index (χ1n) is 13.4. The summed E-state index contributed by atoms with van der Waals surface area (Å²) in [6, 6.07) is 30.3. The summed E-state index contributed by atoms with van der Waals surface area (Å²) in [5, 5.41) is 2.07. The van der Waals surface area contributed by atoms with Crippen LogP contribution in [0.4, 0.5) is 17.5 Å². The number of hydrogen-bond acceptors (Lipinski definition) is 6. The zero-order chi connectivity index (χ0) is 28.3. The third-order valence-corrected chi connectivity index (χ3v) is 12.5. The van der Waals surface area contributed by atoms with Crippen molar-refractivity contribution in [1.29, 1.82) is 0 Å². The normalized spacial score (nSPS) is 15.5. The lowest BCUT2D eigenvalue weighted by Gasteiger charge is -2.46. The van der Waals surface area contributed by atoms with Crippen LogP contribution in [0.3, 0.4) is 0 Å². The van der Waals surface area contributed by atoms with Crippen molar-refractivity contribution in [2.75, 3.05) is 28.7 Å². The Balaban J connectivity index is 1.58. The summed E-state index contributed by atoms with van der Waals surface area (Å²) >= 11 is 0. The summed E-state index contributed by atoms with van der Waals surface area (Å²) in [5.41, 5.74) is 6.72. The van der Waals surface area contributed by atoms with Gasteiger partial charge in [-0.25, -0.2) is 0 Å². The summed E-state index contributed by atoms with van der Waals surface area (Å²) in [6.07, 6.45) is 0.700. The van der Waals surface area contributed by atoms with Crippen molar-refractivity contribution in [2.24, 2.45) is 0 Å². The molecular formula is C31H35N5O3Si. The summed E-state index contributed by atoms with van der Waals surface area (Å²) in [7, 11) is -2.87. The number of nitrogens with two attached hydrogens (primary N) is 1. The van der Waals surface area contributed by atoms with E-state index in [0.29, 0.717) is 25.3 Å². The molecule has 206 valence electrons. The fourth-order valence-corrected chi connectivity index (χ4v) is 10.3. The van der Waals surface area contributed by atoms with Crippen LogP contribution < -0.4 is 31.5 Å². The number of aromatic nitrogens is 2. The van der Waals surface area contributed by atoms with Gasteiger partial charge in [0.05, 0.1) is 12.6 Å². The molecule has 0 bridgehead atoms. The fourth-order valence-electron chi connectivity index (χ4n) is 5.73. The number of amides is 1. The molecule has 0 spiro atoms. The van der Waals surface area contributed by atoms with Crippen molar-refractivity contribution in [1.82, 2.24) is 9.97 Å². The number of benzene rings is 3. The monoisotopic (exact) mass is 553 g/mol. The minimum atomic E-state index is -2.87. The standard InChI is InChI=1S/C31H35N5O3Si/c1-31(2,3)40(25-15-9-5-10-16-25,26-17-11-6-12-18-26)39-21-24-20-35(19-23-13-7-4-8-14-23)28-27(36(24)22-37)29(38)34-30(32)33-28/h4-18,22,24H,19-21H2,1-3H3,(H3,32,33,34,38)/t24-/m1/s1. The van der Waals surface area contributed by atoms with Gasteiger partial charge in [-0.3, -0.25) is 19.5 Å². The van der Waals surface area contributed by atoms with Gasteiger partial charge in [-0.05, 0) is 21.0 Å². The summed E-state index contributed by atoms with van der Waals surface area (Å²) in [4.78, 5) is 36.2. The van der Waals surface area contributed by atoms with Gasteiger partial charge in [-0.2, -0.15) is 4.98 Å². The van der Waals surface area contributed by atoms with Crippen LogP contribution in [-0.2, 0) is 15.8 Å². The number of H-pyrrole nitrogens is 1. The first-order valence-corrected chi connectivity index (χ1v) is 15.3. The van der Waals surface area contributed by atoms with E-state index in [1.807, 2.05) is 71.6 Å². The van der Waals surface area contributed by atoms with Gasteiger partial charge < -0.3 is 15.1 Å². The minimum absolute atomic E-state index is 0.00896. The Labute approximate surface area is 235 Å². The summed E-state index contributed by atoms with van der Waals surface area (Å²) < 4.78 is 7.17. The molecule has 4 aromatic rings. The highest BCUT2D eigenvalue weighted by atomic mass is 28.4. The van der Waals surface area contributed by atoms with Crippen molar-refractivity contribution in [3.63, 3.8) is 0 Å². The van der Waals surface area contributed by atoms with Gasteiger partial charge in [0.15, 0.2) is 11.5 Å². The number of nitrogens with one attached hydrogen (secondary N) is 1. The maximum Gasteiger partial charge on any atom is 0.278 e. The minimum Gasteiger partial charge on any atom is -0.405 e. The van der Waals surface area contributed by atoms with E-state index >= 15 is 0 Å². The summed E-state index contributed by atoms with van der Waals surface area (Å²) in [5.74, 6) is 0.397. The van der Waals surface area contributed by atoms with Crippen LogP contribution in [0.15, 0.2) is 95.8 Å². The molecule has 1 aliphatic heterocycles.